The van der Waals surface area contributed by atoms with Crippen LogP contribution in [0.15, 0.2) is 48.5 Å². The second kappa shape index (κ2) is 4.92. The molecule has 0 saturated carbocycles. The van der Waals surface area contributed by atoms with E-state index in [2.05, 4.69) is 69.3 Å². The Labute approximate surface area is 134 Å². The van der Waals surface area contributed by atoms with E-state index in [9.17, 15) is 0 Å². The highest BCUT2D eigenvalue weighted by Gasteiger charge is 2.13. The van der Waals surface area contributed by atoms with Crippen LogP contribution < -0.4 is 0 Å². The van der Waals surface area contributed by atoms with Crippen molar-refractivity contribution in [1.29, 1.82) is 0 Å². The van der Waals surface area contributed by atoms with E-state index in [1.807, 2.05) is 11.3 Å². The van der Waals surface area contributed by atoms with Crippen molar-refractivity contribution in [3.8, 4) is 11.3 Å². The molecule has 2 aromatic heterocycles. The van der Waals surface area contributed by atoms with Gasteiger partial charge in [-0.25, -0.2) is 4.98 Å². The number of hydrogen-bond acceptors (Lipinski definition) is 2. The first kappa shape index (κ1) is 13.5. The molecule has 0 fully saturated rings. The van der Waals surface area contributed by atoms with E-state index in [1.54, 1.807) is 0 Å². The Morgan fingerprint density at radius 3 is 2.32 bits per heavy atom. The lowest BCUT2D eigenvalue weighted by Gasteiger charge is -2.08. The van der Waals surface area contributed by atoms with E-state index in [-0.39, 0.29) is 0 Å². The molecule has 0 unspecified atom stereocenters. The maximum Gasteiger partial charge on any atom is 0.0796 e. The van der Waals surface area contributed by atoms with Gasteiger partial charge in [0.15, 0.2) is 0 Å². The Balaban J connectivity index is 2.15. The molecule has 0 bridgehead atoms. The molecule has 0 N–H and O–H groups in total. The maximum absolute atomic E-state index is 4.98. The van der Waals surface area contributed by atoms with E-state index in [4.69, 9.17) is 4.98 Å². The van der Waals surface area contributed by atoms with Crippen LogP contribution in [0.4, 0.5) is 0 Å². The number of benzene rings is 2. The van der Waals surface area contributed by atoms with Gasteiger partial charge in [-0.1, -0.05) is 35.4 Å². The smallest absolute Gasteiger partial charge is 0.0796 e. The Kier molecular flexibility index (Phi) is 3.02. The third kappa shape index (κ3) is 2.11. The summed E-state index contributed by atoms with van der Waals surface area (Å²) in [5.41, 5.74) is 5.96. The first-order valence-electron chi connectivity index (χ1n) is 7.49. The molecule has 0 saturated heterocycles. The predicted octanol–water partition coefficient (Wildman–Crippen LogP) is 6.04. The number of rotatable bonds is 1. The summed E-state index contributed by atoms with van der Waals surface area (Å²) in [6.07, 6.45) is 0. The predicted molar refractivity (Wildman–Crippen MR) is 96.8 cm³/mol. The molecule has 22 heavy (non-hydrogen) atoms. The van der Waals surface area contributed by atoms with E-state index >= 15 is 0 Å². The van der Waals surface area contributed by atoms with Crippen molar-refractivity contribution in [2.24, 2.45) is 0 Å². The molecular formula is C20H17NS. The van der Waals surface area contributed by atoms with E-state index in [0.29, 0.717) is 0 Å². The average Bonchev–Trinajstić information content (AvgIpc) is 2.87. The van der Waals surface area contributed by atoms with Gasteiger partial charge in [0.1, 0.15) is 0 Å². The number of aromatic nitrogens is 1. The highest BCUT2D eigenvalue weighted by Crippen LogP contribution is 2.37. The summed E-state index contributed by atoms with van der Waals surface area (Å²) < 4.78 is 1.34. The van der Waals surface area contributed by atoms with Crippen LogP contribution in [-0.4, -0.2) is 4.98 Å². The molecule has 0 aliphatic carbocycles. The summed E-state index contributed by atoms with van der Waals surface area (Å²) in [6, 6.07) is 17.4. The van der Waals surface area contributed by atoms with Gasteiger partial charge in [-0.3, -0.25) is 0 Å². The van der Waals surface area contributed by atoms with Gasteiger partial charge >= 0.3 is 0 Å². The van der Waals surface area contributed by atoms with Crippen LogP contribution in [0.2, 0.25) is 0 Å². The number of nitrogens with zero attached hydrogens (tertiary/aromatic N) is 1. The van der Waals surface area contributed by atoms with Gasteiger partial charge in [0.2, 0.25) is 0 Å². The lowest BCUT2D eigenvalue weighted by atomic mass is 10.0. The molecule has 0 aliphatic rings. The Bertz CT molecular complexity index is 991. The van der Waals surface area contributed by atoms with Gasteiger partial charge < -0.3 is 0 Å². The zero-order valence-corrected chi connectivity index (χ0v) is 13.8. The van der Waals surface area contributed by atoms with Crippen LogP contribution in [0.5, 0.6) is 0 Å². The van der Waals surface area contributed by atoms with E-state index < -0.39 is 0 Å². The average molecular weight is 303 g/mol. The topological polar surface area (TPSA) is 12.9 Å². The standard InChI is InChI=1S/C20H17NS/c1-12-8-13(2)10-15(9-12)19-17-11-14(3)22-20(17)16-6-4-5-7-18(16)21-19/h4-11H,1-3H3. The first-order chi connectivity index (χ1) is 10.6. The van der Waals surface area contributed by atoms with Gasteiger partial charge in [-0.15, -0.1) is 11.3 Å². The Morgan fingerprint density at radius 2 is 1.55 bits per heavy atom. The SMILES string of the molecule is Cc1cc(C)cc(-c2nc3ccccc3c3sc(C)cc23)c1. The molecule has 0 radical (unpaired) electrons. The minimum atomic E-state index is 1.08. The Morgan fingerprint density at radius 1 is 0.818 bits per heavy atom. The van der Waals surface area contributed by atoms with E-state index in [1.165, 1.54) is 37.0 Å². The molecule has 4 aromatic rings. The normalized spacial score (nSPS) is 11.4. The lowest BCUT2D eigenvalue weighted by molar-refractivity contribution is 1.36. The van der Waals surface area contributed by atoms with Crippen LogP contribution in [0.1, 0.15) is 16.0 Å². The molecule has 4 rings (SSSR count). The molecule has 2 heteroatoms. The number of para-hydroxylation sites is 1. The minimum Gasteiger partial charge on any atom is -0.247 e. The van der Waals surface area contributed by atoms with Crippen LogP contribution in [0, 0.1) is 20.8 Å². The molecule has 2 heterocycles. The fourth-order valence-corrected chi connectivity index (χ4v) is 4.21. The molecule has 108 valence electrons. The first-order valence-corrected chi connectivity index (χ1v) is 8.31. The summed E-state index contributed by atoms with van der Waals surface area (Å²) in [4.78, 5) is 6.31. The second-order valence-electron chi connectivity index (χ2n) is 5.95. The highest BCUT2D eigenvalue weighted by atomic mass is 32.1. The van der Waals surface area contributed by atoms with Crippen molar-refractivity contribution in [1.82, 2.24) is 4.98 Å². The zero-order chi connectivity index (χ0) is 15.3. The summed E-state index contributed by atoms with van der Waals surface area (Å²) in [6.45, 7) is 6.46. The van der Waals surface area contributed by atoms with Gasteiger partial charge in [0, 0.05) is 25.9 Å². The fraction of sp³-hybridized carbons (Fsp3) is 0.150. The van der Waals surface area contributed by atoms with Crippen molar-refractivity contribution in [2.45, 2.75) is 20.8 Å². The fourth-order valence-electron chi connectivity index (χ4n) is 3.17. The number of pyridine rings is 1. The van der Waals surface area contributed by atoms with Crippen molar-refractivity contribution in [2.75, 3.05) is 0 Å². The van der Waals surface area contributed by atoms with Crippen LogP contribution in [-0.2, 0) is 0 Å². The van der Waals surface area contributed by atoms with Gasteiger partial charge in [-0.05, 0) is 45.0 Å². The molecule has 0 aliphatic heterocycles. The largest absolute Gasteiger partial charge is 0.247 e. The number of aryl methyl sites for hydroxylation is 3. The number of hydrogen-bond donors (Lipinski definition) is 0. The summed E-state index contributed by atoms with van der Waals surface area (Å²) >= 11 is 1.86. The zero-order valence-electron chi connectivity index (χ0n) is 13.0. The maximum atomic E-state index is 4.98. The molecule has 1 nitrogen and oxygen atoms in total. The van der Waals surface area contributed by atoms with Gasteiger partial charge in [0.05, 0.1) is 11.2 Å². The van der Waals surface area contributed by atoms with Crippen molar-refractivity contribution < 1.29 is 0 Å². The monoisotopic (exact) mass is 303 g/mol. The molecule has 0 spiro atoms. The molecule has 0 amide bonds. The van der Waals surface area contributed by atoms with Crippen molar-refractivity contribution in [3.05, 3.63) is 64.5 Å². The van der Waals surface area contributed by atoms with E-state index in [0.717, 1.165) is 11.2 Å². The highest BCUT2D eigenvalue weighted by molar-refractivity contribution is 7.20. The quantitative estimate of drug-likeness (QED) is 0.417. The summed E-state index contributed by atoms with van der Waals surface area (Å²) in [5.74, 6) is 0. The molecule has 2 aromatic carbocycles. The minimum absolute atomic E-state index is 1.08. The Hall–Kier alpha value is -2.19. The number of fused-ring (bicyclic) bond motifs is 3. The molecule has 0 atom stereocenters. The summed E-state index contributed by atoms with van der Waals surface area (Å²) in [5, 5.41) is 2.52. The van der Waals surface area contributed by atoms with Gasteiger partial charge in [-0.2, -0.15) is 0 Å². The van der Waals surface area contributed by atoms with Crippen LogP contribution in [0.25, 0.3) is 32.2 Å². The lowest BCUT2D eigenvalue weighted by Crippen LogP contribution is -1.89. The van der Waals surface area contributed by atoms with Crippen molar-refractivity contribution in [3.63, 3.8) is 0 Å². The van der Waals surface area contributed by atoms with Gasteiger partial charge in [0.25, 0.3) is 0 Å². The van der Waals surface area contributed by atoms with Crippen molar-refractivity contribution >= 4 is 32.3 Å². The third-order valence-corrected chi connectivity index (χ3v) is 5.07. The second-order valence-corrected chi connectivity index (χ2v) is 7.21. The molecular weight excluding hydrogens is 286 g/mol. The van der Waals surface area contributed by atoms with Crippen LogP contribution in [0.3, 0.4) is 0 Å². The summed E-state index contributed by atoms with van der Waals surface area (Å²) in [7, 11) is 0. The third-order valence-electron chi connectivity index (χ3n) is 3.99. The number of thiophene rings is 1. The van der Waals surface area contributed by atoms with Crippen LogP contribution >= 0.6 is 11.3 Å².